The maximum atomic E-state index is 12.9. The van der Waals surface area contributed by atoms with Crippen LogP contribution in [0.5, 0.6) is 0 Å². The highest BCUT2D eigenvalue weighted by Crippen LogP contribution is 2.46. The van der Waals surface area contributed by atoms with Crippen molar-refractivity contribution in [1.82, 2.24) is 0 Å². The fourth-order valence-corrected chi connectivity index (χ4v) is 4.57. The molecule has 1 atom stereocenters. The van der Waals surface area contributed by atoms with Gasteiger partial charge in [0.15, 0.2) is 11.4 Å². The fraction of sp³-hybridized carbons (Fsp3) is 0.333. The number of nitrogens with zero attached hydrogens (tertiary/aromatic N) is 1. The van der Waals surface area contributed by atoms with Crippen LogP contribution in [-0.2, 0) is 10.4 Å². The van der Waals surface area contributed by atoms with Crippen LogP contribution in [0.2, 0.25) is 10.0 Å². The van der Waals surface area contributed by atoms with E-state index in [4.69, 9.17) is 23.2 Å². The molecular formula is C21H20Cl2N2O3. The third kappa shape index (κ3) is 3.08. The van der Waals surface area contributed by atoms with Gasteiger partial charge in [-0.15, -0.1) is 0 Å². The first-order valence-electron chi connectivity index (χ1n) is 9.22. The van der Waals surface area contributed by atoms with Gasteiger partial charge in [-0.3, -0.25) is 9.59 Å². The molecular weight excluding hydrogens is 399 g/mol. The predicted molar refractivity (Wildman–Crippen MR) is 111 cm³/mol. The van der Waals surface area contributed by atoms with E-state index in [0.29, 0.717) is 5.56 Å². The van der Waals surface area contributed by atoms with Gasteiger partial charge in [-0.1, -0.05) is 23.2 Å². The van der Waals surface area contributed by atoms with Gasteiger partial charge in [0.2, 0.25) is 0 Å². The topological polar surface area (TPSA) is 69.6 Å². The number of aryl methyl sites for hydroxylation is 1. The Morgan fingerprint density at radius 3 is 2.54 bits per heavy atom. The van der Waals surface area contributed by atoms with Crippen molar-refractivity contribution < 1.29 is 14.7 Å². The first kappa shape index (κ1) is 19.2. The number of Topliss-reactive ketones (excluding diaryl/α,β-unsaturated/α-hetero) is 1. The number of fused-ring (bicyclic) bond motifs is 1. The molecule has 146 valence electrons. The molecule has 1 amide bonds. The number of ketones is 1. The summed E-state index contributed by atoms with van der Waals surface area (Å²) < 4.78 is 0. The summed E-state index contributed by atoms with van der Waals surface area (Å²) in [7, 11) is 0. The number of carbonyl (C=O) groups excluding carboxylic acids is 2. The van der Waals surface area contributed by atoms with Crippen molar-refractivity contribution in [3.63, 3.8) is 0 Å². The van der Waals surface area contributed by atoms with E-state index >= 15 is 0 Å². The first-order chi connectivity index (χ1) is 13.3. The summed E-state index contributed by atoms with van der Waals surface area (Å²) in [4.78, 5) is 27.7. The molecule has 2 N–H and O–H groups in total. The van der Waals surface area contributed by atoms with Crippen LogP contribution in [-0.4, -0.2) is 29.9 Å². The third-order valence-corrected chi connectivity index (χ3v) is 6.14. The summed E-state index contributed by atoms with van der Waals surface area (Å²) in [5.41, 5.74) is 0.938. The van der Waals surface area contributed by atoms with Gasteiger partial charge in [-0.2, -0.15) is 0 Å². The van der Waals surface area contributed by atoms with Crippen molar-refractivity contribution in [2.75, 3.05) is 23.3 Å². The predicted octanol–water partition coefficient (Wildman–Crippen LogP) is 4.31. The molecule has 28 heavy (non-hydrogen) atoms. The van der Waals surface area contributed by atoms with E-state index in [1.54, 1.807) is 6.07 Å². The normalized spacial score (nSPS) is 21.0. The Kier molecular flexibility index (Phi) is 4.86. The van der Waals surface area contributed by atoms with Gasteiger partial charge in [0.25, 0.3) is 5.91 Å². The Labute approximate surface area is 173 Å². The Bertz CT molecular complexity index is 986. The van der Waals surface area contributed by atoms with Crippen LogP contribution in [0.1, 0.15) is 40.7 Å². The zero-order chi connectivity index (χ0) is 20.1. The number of halogens is 2. The number of rotatable bonds is 4. The summed E-state index contributed by atoms with van der Waals surface area (Å²) in [6.07, 6.45) is 1.93. The molecule has 0 bridgehead atoms. The zero-order valence-electron chi connectivity index (χ0n) is 15.4. The Morgan fingerprint density at radius 1 is 1.18 bits per heavy atom. The highest BCUT2D eigenvalue weighted by molar-refractivity contribution is 6.38. The maximum Gasteiger partial charge on any atom is 0.261 e. The van der Waals surface area contributed by atoms with Crippen molar-refractivity contribution in [1.29, 1.82) is 0 Å². The molecule has 4 rings (SSSR count). The molecule has 1 saturated heterocycles. The summed E-state index contributed by atoms with van der Waals surface area (Å²) in [5.74, 6) is -1.03. The van der Waals surface area contributed by atoms with E-state index in [1.807, 2.05) is 19.1 Å². The van der Waals surface area contributed by atoms with E-state index in [1.165, 1.54) is 25.0 Å². The molecule has 0 aliphatic carbocycles. The molecule has 2 aromatic carbocycles. The minimum Gasteiger partial charge on any atom is -0.375 e. The standard InChI is InChI=1S/C21H20Cl2N2O3/c1-12-10-13(4-7-16(12)25-8-2-3-9-25)17(26)11-21(28)18-14(22)5-6-15(23)19(18)24-20(21)27/h4-7,10,28H,2-3,8-9,11H2,1H3,(H,24,27). The minimum atomic E-state index is -2.05. The van der Waals surface area contributed by atoms with Crippen molar-refractivity contribution in [3.8, 4) is 0 Å². The monoisotopic (exact) mass is 418 g/mol. The lowest BCUT2D eigenvalue weighted by Crippen LogP contribution is -2.36. The number of amides is 1. The van der Waals surface area contributed by atoms with Crippen LogP contribution >= 0.6 is 23.2 Å². The van der Waals surface area contributed by atoms with Gasteiger partial charge < -0.3 is 15.3 Å². The fourth-order valence-electron chi connectivity index (χ4n) is 4.05. The maximum absolute atomic E-state index is 12.9. The number of carbonyl (C=O) groups is 2. The van der Waals surface area contributed by atoms with E-state index in [0.717, 1.165) is 24.3 Å². The second kappa shape index (κ2) is 7.07. The third-order valence-electron chi connectivity index (χ3n) is 5.51. The SMILES string of the molecule is Cc1cc(C(=O)CC2(O)C(=O)Nc3c(Cl)ccc(Cl)c32)ccc1N1CCCC1. The van der Waals surface area contributed by atoms with E-state index in [9.17, 15) is 14.7 Å². The number of hydrogen-bond donors (Lipinski definition) is 2. The highest BCUT2D eigenvalue weighted by Gasteiger charge is 2.49. The molecule has 1 unspecified atom stereocenters. The first-order valence-corrected chi connectivity index (χ1v) is 9.98. The number of anilines is 2. The number of nitrogens with one attached hydrogen (secondary N) is 1. The van der Waals surface area contributed by atoms with Crippen LogP contribution in [0.3, 0.4) is 0 Å². The Balaban J connectivity index is 1.63. The van der Waals surface area contributed by atoms with Gasteiger partial charge in [0.1, 0.15) is 0 Å². The summed E-state index contributed by atoms with van der Waals surface area (Å²) in [5, 5.41) is 14.1. The molecule has 2 heterocycles. The van der Waals surface area contributed by atoms with Gasteiger partial charge >= 0.3 is 0 Å². The summed E-state index contributed by atoms with van der Waals surface area (Å²) in [6.45, 7) is 4.00. The average molecular weight is 419 g/mol. The molecule has 5 nitrogen and oxygen atoms in total. The molecule has 2 aliphatic rings. The van der Waals surface area contributed by atoms with Crippen LogP contribution in [0.15, 0.2) is 30.3 Å². The average Bonchev–Trinajstić information content (AvgIpc) is 3.26. The molecule has 2 aliphatic heterocycles. The smallest absolute Gasteiger partial charge is 0.261 e. The number of aliphatic hydroxyl groups is 1. The van der Waals surface area contributed by atoms with Gasteiger partial charge in [0, 0.05) is 34.9 Å². The second-order valence-electron chi connectivity index (χ2n) is 7.39. The molecule has 0 spiro atoms. The van der Waals surface area contributed by atoms with E-state index in [-0.39, 0.29) is 27.1 Å². The molecule has 0 radical (unpaired) electrons. The number of benzene rings is 2. The van der Waals surface area contributed by atoms with Crippen molar-refractivity contribution in [3.05, 3.63) is 57.1 Å². The molecule has 0 saturated carbocycles. The lowest BCUT2D eigenvalue weighted by Gasteiger charge is -2.22. The molecule has 1 fully saturated rings. The second-order valence-corrected chi connectivity index (χ2v) is 8.20. The number of hydrogen-bond acceptors (Lipinski definition) is 4. The lowest BCUT2D eigenvalue weighted by atomic mass is 9.87. The lowest BCUT2D eigenvalue weighted by molar-refractivity contribution is -0.133. The van der Waals surface area contributed by atoms with Crippen molar-refractivity contribution >= 4 is 46.3 Å². The Morgan fingerprint density at radius 2 is 1.86 bits per heavy atom. The quantitative estimate of drug-likeness (QED) is 0.725. The summed E-state index contributed by atoms with van der Waals surface area (Å²) in [6, 6.07) is 8.54. The van der Waals surface area contributed by atoms with Crippen LogP contribution in [0, 0.1) is 6.92 Å². The van der Waals surface area contributed by atoms with Gasteiger partial charge in [-0.05, 0) is 55.7 Å². The van der Waals surface area contributed by atoms with E-state index < -0.39 is 17.9 Å². The molecule has 7 heteroatoms. The Hall–Kier alpha value is -2.08. The largest absolute Gasteiger partial charge is 0.375 e. The van der Waals surface area contributed by atoms with Gasteiger partial charge in [0.05, 0.1) is 17.1 Å². The molecule has 0 aromatic heterocycles. The van der Waals surface area contributed by atoms with E-state index in [2.05, 4.69) is 10.2 Å². The minimum absolute atomic E-state index is 0.158. The van der Waals surface area contributed by atoms with Crippen LogP contribution in [0.25, 0.3) is 0 Å². The van der Waals surface area contributed by atoms with Crippen LogP contribution in [0.4, 0.5) is 11.4 Å². The summed E-state index contributed by atoms with van der Waals surface area (Å²) >= 11 is 12.3. The van der Waals surface area contributed by atoms with Crippen LogP contribution < -0.4 is 10.2 Å². The highest BCUT2D eigenvalue weighted by atomic mass is 35.5. The van der Waals surface area contributed by atoms with Crippen molar-refractivity contribution in [2.45, 2.75) is 31.8 Å². The van der Waals surface area contributed by atoms with Gasteiger partial charge in [-0.25, -0.2) is 0 Å². The van der Waals surface area contributed by atoms with Crippen molar-refractivity contribution in [2.24, 2.45) is 0 Å². The zero-order valence-corrected chi connectivity index (χ0v) is 16.9. The molecule has 2 aromatic rings.